The second kappa shape index (κ2) is 6.20. The lowest BCUT2D eigenvalue weighted by molar-refractivity contribution is -0.174. The second-order valence-corrected chi connectivity index (χ2v) is 5.58. The first-order valence-corrected chi connectivity index (χ1v) is 7.42. The minimum Gasteiger partial charge on any atom is -0.372 e. The number of aryl methyl sites for hydroxylation is 2. The molecule has 0 unspecified atom stereocenters. The number of hydrogen-bond donors (Lipinski definition) is 1. The SMILES string of the molecule is O=C(CCOCC(F)(F)F)Nc1ccc2c3c(cccc13)CC2. The van der Waals surface area contributed by atoms with Crippen LogP contribution >= 0.6 is 0 Å². The van der Waals surface area contributed by atoms with E-state index in [0.717, 1.165) is 18.2 Å². The Morgan fingerprint density at radius 2 is 1.87 bits per heavy atom. The number of carbonyl (C=O) groups excluding carboxylic acids is 1. The summed E-state index contributed by atoms with van der Waals surface area (Å²) in [4.78, 5) is 11.9. The van der Waals surface area contributed by atoms with Crippen molar-refractivity contribution in [1.82, 2.24) is 0 Å². The van der Waals surface area contributed by atoms with Gasteiger partial charge in [-0.05, 0) is 35.4 Å². The van der Waals surface area contributed by atoms with Crippen molar-refractivity contribution in [3.63, 3.8) is 0 Å². The topological polar surface area (TPSA) is 38.3 Å². The molecule has 0 saturated heterocycles. The fourth-order valence-corrected chi connectivity index (χ4v) is 2.92. The largest absolute Gasteiger partial charge is 0.411 e. The van der Waals surface area contributed by atoms with Gasteiger partial charge in [-0.3, -0.25) is 4.79 Å². The Kier molecular flexibility index (Phi) is 4.26. The van der Waals surface area contributed by atoms with E-state index in [0.29, 0.717) is 5.69 Å². The van der Waals surface area contributed by atoms with Gasteiger partial charge in [-0.15, -0.1) is 0 Å². The molecule has 1 aliphatic rings. The number of carbonyl (C=O) groups is 1. The molecule has 0 atom stereocenters. The number of anilines is 1. The Morgan fingerprint density at radius 1 is 1.13 bits per heavy atom. The van der Waals surface area contributed by atoms with Crippen molar-refractivity contribution in [2.24, 2.45) is 0 Å². The number of hydrogen-bond acceptors (Lipinski definition) is 2. The van der Waals surface area contributed by atoms with Crippen molar-refractivity contribution in [2.45, 2.75) is 25.4 Å². The van der Waals surface area contributed by atoms with Gasteiger partial charge in [-0.25, -0.2) is 0 Å². The predicted octanol–water partition coefficient (Wildman–Crippen LogP) is 3.85. The first kappa shape index (κ1) is 15.8. The number of rotatable bonds is 5. The molecular weight excluding hydrogens is 307 g/mol. The van der Waals surface area contributed by atoms with Crippen molar-refractivity contribution in [3.05, 3.63) is 41.5 Å². The summed E-state index contributed by atoms with van der Waals surface area (Å²) in [5.74, 6) is -0.356. The highest BCUT2D eigenvalue weighted by Crippen LogP contribution is 2.34. The number of benzene rings is 2. The van der Waals surface area contributed by atoms with Gasteiger partial charge in [0.1, 0.15) is 6.61 Å². The third-order valence-electron chi connectivity index (χ3n) is 3.89. The Balaban J connectivity index is 1.65. The molecular formula is C17H16F3NO2. The summed E-state index contributed by atoms with van der Waals surface area (Å²) in [5.41, 5.74) is 3.22. The number of ether oxygens (including phenoxy) is 1. The zero-order valence-electron chi connectivity index (χ0n) is 12.4. The maximum absolute atomic E-state index is 12.0. The number of amides is 1. The molecule has 122 valence electrons. The molecule has 0 aromatic heterocycles. The number of nitrogens with one attached hydrogen (secondary N) is 1. The standard InChI is InChI=1S/C17H16F3NO2/c18-17(19,20)10-23-9-8-15(22)21-14-7-6-12-5-4-11-2-1-3-13(14)16(11)12/h1-3,6-7H,4-5,8-10H2,(H,21,22). The zero-order chi connectivity index (χ0) is 16.4. The van der Waals surface area contributed by atoms with Gasteiger partial charge in [0.15, 0.2) is 0 Å². The maximum atomic E-state index is 12.0. The van der Waals surface area contributed by atoms with Crippen LogP contribution in [0.1, 0.15) is 17.5 Å². The van der Waals surface area contributed by atoms with Gasteiger partial charge >= 0.3 is 6.18 Å². The second-order valence-electron chi connectivity index (χ2n) is 5.58. The minimum atomic E-state index is -4.37. The first-order valence-electron chi connectivity index (χ1n) is 7.42. The minimum absolute atomic E-state index is 0.112. The van der Waals surface area contributed by atoms with Crippen LogP contribution in [0.25, 0.3) is 10.8 Å². The van der Waals surface area contributed by atoms with E-state index in [1.807, 2.05) is 24.3 Å². The molecule has 2 aromatic rings. The van der Waals surface area contributed by atoms with Gasteiger partial charge in [0.2, 0.25) is 5.91 Å². The Bertz CT molecular complexity index is 730. The van der Waals surface area contributed by atoms with Crippen LogP contribution in [0.15, 0.2) is 30.3 Å². The molecule has 0 bridgehead atoms. The first-order chi connectivity index (χ1) is 10.9. The summed E-state index contributed by atoms with van der Waals surface area (Å²) in [5, 5.41) is 4.92. The highest BCUT2D eigenvalue weighted by Gasteiger charge is 2.27. The van der Waals surface area contributed by atoms with E-state index in [2.05, 4.69) is 16.1 Å². The summed E-state index contributed by atoms with van der Waals surface area (Å²) in [6.07, 6.45) is -2.49. The van der Waals surface area contributed by atoms with Crippen LogP contribution in [-0.4, -0.2) is 25.3 Å². The van der Waals surface area contributed by atoms with E-state index in [1.54, 1.807) is 0 Å². The van der Waals surface area contributed by atoms with Gasteiger partial charge in [0.25, 0.3) is 0 Å². The number of halogens is 3. The number of alkyl halides is 3. The van der Waals surface area contributed by atoms with E-state index >= 15 is 0 Å². The van der Waals surface area contributed by atoms with Crippen molar-refractivity contribution in [2.75, 3.05) is 18.5 Å². The molecule has 0 spiro atoms. The third kappa shape index (κ3) is 3.64. The van der Waals surface area contributed by atoms with Crippen LogP contribution in [-0.2, 0) is 22.4 Å². The van der Waals surface area contributed by atoms with Gasteiger partial charge in [0.05, 0.1) is 13.0 Å². The fourth-order valence-electron chi connectivity index (χ4n) is 2.92. The smallest absolute Gasteiger partial charge is 0.372 e. The van der Waals surface area contributed by atoms with Crippen LogP contribution in [0, 0.1) is 0 Å². The van der Waals surface area contributed by atoms with Gasteiger partial charge in [-0.1, -0.05) is 24.3 Å². The molecule has 3 nitrogen and oxygen atoms in total. The summed E-state index contributed by atoms with van der Waals surface area (Å²) in [6, 6.07) is 9.82. The molecule has 1 aliphatic carbocycles. The molecule has 0 radical (unpaired) electrons. The van der Waals surface area contributed by atoms with Crippen molar-refractivity contribution in [3.8, 4) is 0 Å². The summed E-state index contributed by atoms with van der Waals surface area (Å²) in [7, 11) is 0. The Morgan fingerprint density at radius 3 is 2.61 bits per heavy atom. The van der Waals surface area contributed by atoms with Crippen molar-refractivity contribution < 1.29 is 22.7 Å². The monoisotopic (exact) mass is 323 g/mol. The Labute approximate surface area is 131 Å². The average molecular weight is 323 g/mol. The summed E-state index contributed by atoms with van der Waals surface area (Å²) in [6.45, 7) is -1.59. The van der Waals surface area contributed by atoms with Crippen molar-refractivity contribution >= 4 is 22.4 Å². The predicted molar refractivity (Wildman–Crippen MR) is 81.5 cm³/mol. The van der Waals surface area contributed by atoms with Gasteiger partial charge in [0, 0.05) is 11.1 Å². The molecule has 1 amide bonds. The van der Waals surface area contributed by atoms with Crippen molar-refractivity contribution in [1.29, 1.82) is 0 Å². The third-order valence-corrected chi connectivity index (χ3v) is 3.89. The molecule has 0 saturated carbocycles. The van der Waals surface area contributed by atoms with E-state index < -0.39 is 12.8 Å². The lowest BCUT2D eigenvalue weighted by Crippen LogP contribution is -2.20. The van der Waals surface area contributed by atoms with Crippen LogP contribution in [0.3, 0.4) is 0 Å². The fraction of sp³-hybridized carbons (Fsp3) is 0.353. The van der Waals surface area contributed by atoms with Gasteiger partial charge < -0.3 is 10.1 Å². The molecule has 2 aromatic carbocycles. The normalized spacial score (nSPS) is 13.5. The van der Waals surface area contributed by atoms with Crippen LogP contribution in [0.2, 0.25) is 0 Å². The maximum Gasteiger partial charge on any atom is 0.411 e. The molecule has 0 fully saturated rings. The molecule has 0 aliphatic heterocycles. The van der Waals surface area contributed by atoms with E-state index in [9.17, 15) is 18.0 Å². The average Bonchev–Trinajstić information content (AvgIpc) is 2.91. The van der Waals surface area contributed by atoms with E-state index in [4.69, 9.17) is 0 Å². The van der Waals surface area contributed by atoms with Gasteiger partial charge in [-0.2, -0.15) is 13.2 Å². The molecule has 6 heteroatoms. The molecule has 0 heterocycles. The van der Waals surface area contributed by atoms with Crippen LogP contribution < -0.4 is 5.32 Å². The molecule has 1 N–H and O–H groups in total. The van der Waals surface area contributed by atoms with Crippen LogP contribution in [0.5, 0.6) is 0 Å². The lowest BCUT2D eigenvalue weighted by atomic mass is 10.0. The zero-order valence-corrected chi connectivity index (χ0v) is 12.4. The quantitative estimate of drug-likeness (QED) is 0.849. The van der Waals surface area contributed by atoms with Crippen LogP contribution in [0.4, 0.5) is 18.9 Å². The summed E-state index contributed by atoms with van der Waals surface area (Å²) >= 11 is 0. The summed E-state index contributed by atoms with van der Waals surface area (Å²) < 4.78 is 40.3. The molecule has 3 rings (SSSR count). The highest BCUT2D eigenvalue weighted by atomic mass is 19.4. The van der Waals surface area contributed by atoms with E-state index in [-0.39, 0.29) is 18.9 Å². The van der Waals surface area contributed by atoms with E-state index in [1.165, 1.54) is 16.5 Å². The highest BCUT2D eigenvalue weighted by molar-refractivity contribution is 6.05. The molecule has 23 heavy (non-hydrogen) atoms. The Hall–Kier alpha value is -2.08. The lowest BCUT2D eigenvalue weighted by Gasteiger charge is -2.11.